The van der Waals surface area contributed by atoms with Gasteiger partial charge in [-0.3, -0.25) is 18.6 Å². The zero-order valence-electron chi connectivity index (χ0n) is 38.5. The zero-order valence-corrected chi connectivity index (χ0v) is 39.4. The van der Waals surface area contributed by atoms with Crippen LogP contribution in [0.25, 0.3) is 0 Å². The maximum Gasteiger partial charge on any atom is 0.472 e. The van der Waals surface area contributed by atoms with Gasteiger partial charge >= 0.3 is 19.8 Å². The van der Waals surface area contributed by atoms with Crippen LogP contribution in [0, 0.1) is 0 Å². The molecule has 0 aromatic carbocycles. The van der Waals surface area contributed by atoms with Gasteiger partial charge in [0, 0.05) is 12.8 Å². The lowest BCUT2D eigenvalue weighted by atomic mass is 9.85. The number of unbranched alkanes of at least 4 members (excludes halogenated alkanes) is 30. The monoisotopic (exact) mass is 895 g/mol. The van der Waals surface area contributed by atoms with E-state index >= 15 is 0 Å². The van der Waals surface area contributed by atoms with Crippen molar-refractivity contribution in [2.75, 3.05) is 13.2 Å². The van der Waals surface area contributed by atoms with Gasteiger partial charge in [0.15, 0.2) is 6.10 Å². The molecule has 0 amide bonds. The average molecular weight is 895 g/mol. The van der Waals surface area contributed by atoms with E-state index < -0.39 is 75.7 Å². The van der Waals surface area contributed by atoms with Gasteiger partial charge in [-0.2, -0.15) is 0 Å². The Morgan fingerprint density at radius 1 is 0.443 bits per heavy atom. The molecule has 13 nitrogen and oxygen atoms in total. The van der Waals surface area contributed by atoms with Crippen molar-refractivity contribution in [1.82, 2.24) is 0 Å². The lowest BCUT2D eigenvalue weighted by Gasteiger charge is -2.41. The van der Waals surface area contributed by atoms with Crippen LogP contribution < -0.4 is 0 Å². The summed E-state index contributed by atoms with van der Waals surface area (Å²) in [5.41, 5.74) is 0. The summed E-state index contributed by atoms with van der Waals surface area (Å²) >= 11 is 0. The Balaban J connectivity index is 2.38. The summed E-state index contributed by atoms with van der Waals surface area (Å²) in [7, 11) is -5.11. The molecule has 1 aliphatic rings. The van der Waals surface area contributed by atoms with Gasteiger partial charge in [-0.15, -0.1) is 0 Å². The number of aliphatic hydroxyl groups is 5. The van der Waals surface area contributed by atoms with Crippen molar-refractivity contribution in [3.05, 3.63) is 0 Å². The van der Waals surface area contributed by atoms with Crippen LogP contribution in [0.15, 0.2) is 0 Å². The quantitative estimate of drug-likeness (QED) is 0.0192. The molecule has 61 heavy (non-hydrogen) atoms. The maximum absolute atomic E-state index is 12.8. The largest absolute Gasteiger partial charge is 0.472 e. The Morgan fingerprint density at radius 2 is 0.738 bits per heavy atom. The average Bonchev–Trinajstić information content (AvgIpc) is 3.24. The van der Waals surface area contributed by atoms with Crippen LogP contribution in [0.2, 0.25) is 0 Å². The van der Waals surface area contributed by atoms with Crippen molar-refractivity contribution in [2.24, 2.45) is 0 Å². The van der Waals surface area contributed by atoms with Crippen molar-refractivity contribution in [3.8, 4) is 0 Å². The molecule has 0 heterocycles. The van der Waals surface area contributed by atoms with Gasteiger partial charge in [-0.1, -0.05) is 206 Å². The molecule has 0 spiro atoms. The molecule has 0 radical (unpaired) electrons. The highest BCUT2D eigenvalue weighted by molar-refractivity contribution is 7.47. The van der Waals surface area contributed by atoms with Crippen LogP contribution in [0.1, 0.15) is 232 Å². The minimum Gasteiger partial charge on any atom is -0.462 e. The molecule has 1 aliphatic carbocycles. The van der Waals surface area contributed by atoms with Gasteiger partial charge in [0.05, 0.1) is 6.61 Å². The number of hydrogen-bond acceptors (Lipinski definition) is 12. The molecule has 8 atom stereocenters. The smallest absolute Gasteiger partial charge is 0.462 e. The Labute approximate surface area is 370 Å². The molecule has 6 N–H and O–H groups in total. The van der Waals surface area contributed by atoms with Gasteiger partial charge in [0.2, 0.25) is 0 Å². The predicted molar refractivity (Wildman–Crippen MR) is 240 cm³/mol. The molecule has 1 fully saturated rings. The lowest BCUT2D eigenvalue weighted by molar-refractivity contribution is -0.220. The molecule has 6 unspecified atom stereocenters. The highest BCUT2D eigenvalue weighted by Crippen LogP contribution is 2.47. The van der Waals surface area contributed by atoms with Crippen molar-refractivity contribution in [3.63, 3.8) is 0 Å². The molecule has 1 rings (SSSR count). The minimum absolute atomic E-state index is 0.105. The van der Waals surface area contributed by atoms with E-state index in [1.807, 2.05) is 0 Å². The number of carbonyl (C=O) groups excluding carboxylic acids is 2. The third kappa shape index (κ3) is 30.6. The van der Waals surface area contributed by atoms with E-state index in [1.165, 1.54) is 154 Å². The first kappa shape index (κ1) is 57.9. The summed E-state index contributed by atoms with van der Waals surface area (Å²) in [5, 5.41) is 50.2. The molecule has 0 aromatic heterocycles. The van der Waals surface area contributed by atoms with Gasteiger partial charge in [0.25, 0.3) is 0 Å². The molecule has 362 valence electrons. The van der Waals surface area contributed by atoms with Crippen LogP contribution in [0.3, 0.4) is 0 Å². The standard InChI is InChI=1S/C47H91O13P/c1-3-5-7-9-11-13-15-17-18-19-20-21-22-24-25-27-29-31-33-35-40(48)57-37-39(38-58-61(55,56)60-47-45(53)43(51)42(50)44(52)46(47)54)59-41(49)36-34-32-30-28-26-23-16-14-12-10-8-6-4-2/h39,42-47,50-54H,3-38H2,1-2H3,(H,55,56)/t39-,42?,43-,44?,45?,46?,47?/m0/s1. The van der Waals surface area contributed by atoms with Crippen LogP contribution in [0.4, 0.5) is 0 Å². The summed E-state index contributed by atoms with van der Waals surface area (Å²) in [6, 6.07) is 0. The van der Waals surface area contributed by atoms with Gasteiger partial charge in [-0.05, 0) is 12.8 Å². The van der Waals surface area contributed by atoms with Crippen molar-refractivity contribution < 1.29 is 63.1 Å². The van der Waals surface area contributed by atoms with Crippen molar-refractivity contribution in [1.29, 1.82) is 0 Å². The number of rotatable bonds is 42. The number of phosphoric ester groups is 1. The number of carbonyl (C=O) groups is 2. The van der Waals surface area contributed by atoms with E-state index in [2.05, 4.69) is 13.8 Å². The first-order valence-corrected chi connectivity index (χ1v) is 26.3. The van der Waals surface area contributed by atoms with E-state index in [4.69, 9.17) is 18.5 Å². The zero-order chi connectivity index (χ0) is 45.0. The summed E-state index contributed by atoms with van der Waals surface area (Å²) in [6.07, 6.45) is 25.8. The minimum atomic E-state index is -5.11. The molecule has 1 saturated carbocycles. The van der Waals surface area contributed by atoms with Crippen LogP contribution in [-0.4, -0.2) is 98.3 Å². The lowest BCUT2D eigenvalue weighted by Crippen LogP contribution is -2.64. The van der Waals surface area contributed by atoms with E-state index in [-0.39, 0.29) is 12.8 Å². The third-order valence-corrected chi connectivity index (χ3v) is 12.9. The van der Waals surface area contributed by atoms with Gasteiger partial charge in [0.1, 0.15) is 43.2 Å². The highest BCUT2D eigenvalue weighted by atomic mass is 31.2. The predicted octanol–water partition coefficient (Wildman–Crippen LogP) is 10.1. The molecular weight excluding hydrogens is 803 g/mol. The summed E-state index contributed by atoms with van der Waals surface area (Å²) in [4.78, 5) is 35.7. The first-order valence-electron chi connectivity index (χ1n) is 24.8. The third-order valence-electron chi connectivity index (χ3n) is 11.9. The maximum atomic E-state index is 12.8. The Bertz CT molecular complexity index is 1080. The Morgan fingerprint density at radius 3 is 1.08 bits per heavy atom. The van der Waals surface area contributed by atoms with E-state index in [9.17, 15) is 44.6 Å². The second-order valence-electron chi connectivity index (χ2n) is 17.7. The number of ether oxygens (including phenoxy) is 2. The number of aliphatic hydroxyl groups excluding tert-OH is 5. The molecule has 0 aromatic rings. The van der Waals surface area contributed by atoms with Crippen molar-refractivity contribution in [2.45, 2.75) is 275 Å². The van der Waals surface area contributed by atoms with Crippen LogP contribution in [-0.2, 0) is 32.7 Å². The van der Waals surface area contributed by atoms with Crippen molar-refractivity contribution >= 4 is 19.8 Å². The van der Waals surface area contributed by atoms with E-state index in [1.54, 1.807) is 0 Å². The normalized spacial score (nSPS) is 21.9. The van der Waals surface area contributed by atoms with Crippen LogP contribution in [0.5, 0.6) is 0 Å². The van der Waals surface area contributed by atoms with E-state index in [0.717, 1.165) is 38.5 Å². The Kier molecular flexibility index (Phi) is 36.2. The number of hydrogen-bond donors (Lipinski definition) is 6. The first-order chi connectivity index (χ1) is 29.4. The molecule has 14 heteroatoms. The Hall–Kier alpha value is -1.15. The topological polar surface area (TPSA) is 210 Å². The number of esters is 2. The fraction of sp³-hybridized carbons (Fsp3) is 0.957. The summed E-state index contributed by atoms with van der Waals surface area (Å²) < 4.78 is 33.6. The summed E-state index contributed by atoms with van der Waals surface area (Å²) in [6.45, 7) is 3.33. The second-order valence-corrected chi connectivity index (χ2v) is 19.1. The SMILES string of the molecule is CCCCCCCCCCCCCCCCCCCCCC(=O)OC[C@@H](COP(=O)(O)OC1C(O)C(O)C(O)[C@H](O)C1O)OC(=O)CCCCCCCCCCCCCCC. The van der Waals surface area contributed by atoms with Crippen LogP contribution >= 0.6 is 7.82 Å². The molecule has 0 aliphatic heterocycles. The van der Waals surface area contributed by atoms with Gasteiger partial charge < -0.3 is 39.9 Å². The number of phosphoric acid groups is 1. The second kappa shape index (κ2) is 38.2. The molecular formula is C47H91O13P. The summed E-state index contributed by atoms with van der Waals surface area (Å²) in [5.74, 6) is -1.08. The molecule has 0 bridgehead atoms. The molecule has 0 saturated heterocycles. The highest BCUT2D eigenvalue weighted by Gasteiger charge is 2.51. The van der Waals surface area contributed by atoms with Gasteiger partial charge in [-0.25, -0.2) is 4.57 Å². The fourth-order valence-electron chi connectivity index (χ4n) is 7.94. The fourth-order valence-corrected chi connectivity index (χ4v) is 8.91. The van der Waals surface area contributed by atoms with E-state index in [0.29, 0.717) is 12.8 Å².